The Morgan fingerprint density at radius 1 is 0.909 bits per heavy atom. The number of halogens is 2. The Hall–Kier alpha value is -1.54. The molecule has 9 heteroatoms. The van der Waals surface area contributed by atoms with Crippen LogP contribution in [0.1, 0.15) is 70.3 Å². The van der Waals surface area contributed by atoms with Crippen LogP contribution in [0.2, 0.25) is 0 Å². The minimum Gasteiger partial charge on any atom is -0.508 e. The zero-order valence-electron chi connectivity index (χ0n) is 19.9. The van der Waals surface area contributed by atoms with Gasteiger partial charge in [-0.15, -0.1) is 24.8 Å². The van der Waals surface area contributed by atoms with Crippen LogP contribution in [-0.2, 0) is 16.0 Å². The molecule has 0 radical (unpaired) electrons. The van der Waals surface area contributed by atoms with Crippen molar-refractivity contribution in [3.63, 3.8) is 0 Å². The molecule has 0 aliphatic rings. The first-order chi connectivity index (χ1) is 15.1. The van der Waals surface area contributed by atoms with E-state index in [1.54, 1.807) is 24.3 Å². The number of rotatable bonds is 18. The van der Waals surface area contributed by atoms with Gasteiger partial charge in [-0.1, -0.05) is 38.3 Å². The second-order valence-electron chi connectivity index (χ2n) is 8.05. The summed E-state index contributed by atoms with van der Waals surface area (Å²) in [4.78, 5) is 24.7. The molecule has 0 bridgehead atoms. The summed E-state index contributed by atoms with van der Waals surface area (Å²) in [5.74, 6) is -0.0839. The van der Waals surface area contributed by atoms with E-state index in [4.69, 9.17) is 5.73 Å². The molecule has 1 aromatic rings. The molecule has 2 amide bonds. The molecule has 0 fully saturated rings. The van der Waals surface area contributed by atoms with Gasteiger partial charge in [0.05, 0.1) is 0 Å². The standard InChI is InChI=1S/C24H42N4O3.2ClH/c1-2-10-23(30)28-22(19-20-11-13-21(29)14-12-20)24(31)27-18-8-5-3-4-7-16-26-17-9-6-15-25;;/h11-14,22,26,29H,2-10,15-19,25H2,1H3,(H,27,31)(H,28,30);2*1H/t22-;;/m1../s1. The second-order valence-corrected chi connectivity index (χ2v) is 8.05. The van der Waals surface area contributed by atoms with Crippen molar-refractivity contribution >= 4 is 36.6 Å². The number of benzene rings is 1. The quantitative estimate of drug-likeness (QED) is 0.195. The average Bonchev–Trinajstić information content (AvgIpc) is 2.75. The highest BCUT2D eigenvalue weighted by atomic mass is 35.5. The molecule has 0 spiro atoms. The first kappa shape index (κ1) is 33.6. The third-order valence-corrected chi connectivity index (χ3v) is 5.14. The molecule has 0 aliphatic carbocycles. The number of unbranched alkanes of at least 4 members (excludes halogenated alkanes) is 5. The monoisotopic (exact) mass is 506 g/mol. The predicted octanol–water partition coefficient (Wildman–Crippen LogP) is 3.46. The molecular formula is C24H44Cl2N4O3. The number of nitrogens with two attached hydrogens (primary N) is 1. The molecule has 1 aromatic carbocycles. The number of phenolic OH excluding ortho intramolecular Hbond substituents is 1. The van der Waals surface area contributed by atoms with Crippen molar-refractivity contribution in [2.45, 2.75) is 77.2 Å². The Bertz CT molecular complexity index is 618. The van der Waals surface area contributed by atoms with Crippen LogP contribution in [0.4, 0.5) is 0 Å². The maximum atomic E-state index is 12.6. The van der Waals surface area contributed by atoms with E-state index in [0.717, 1.165) is 63.7 Å². The third-order valence-electron chi connectivity index (χ3n) is 5.14. The lowest BCUT2D eigenvalue weighted by atomic mass is 10.0. The minimum absolute atomic E-state index is 0. The lowest BCUT2D eigenvalue weighted by molar-refractivity contribution is -0.129. The smallest absolute Gasteiger partial charge is 0.242 e. The average molecular weight is 508 g/mol. The lowest BCUT2D eigenvalue weighted by Crippen LogP contribution is -2.48. The van der Waals surface area contributed by atoms with Gasteiger partial charge in [-0.25, -0.2) is 0 Å². The molecule has 0 unspecified atom stereocenters. The van der Waals surface area contributed by atoms with Gasteiger partial charge in [-0.05, 0) is 69.4 Å². The Morgan fingerprint density at radius 2 is 1.48 bits per heavy atom. The molecule has 0 aliphatic heterocycles. The highest BCUT2D eigenvalue weighted by Crippen LogP contribution is 2.12. The molecular weight excluding hydrogens is 463 g/mol. The summed E-state index contributed by atoms with van der Waals surface area (Å²) in [6.45, 7) is 5.42. The highest BCUT2D eigenvalue weighted by molar-refractivity contribution is 5.87. The van der Waals surface area contributed by atoms with E-state index in [1.165, 1.54) is 12.8 Å². The summed E-state index contributed by atoms with van der Waals surface area (Å²) in [5.41, 5.74) is 6.37. The van der Waals surface area contributed by atoms with Gasteiger partial charge in [0.2, 0.25) is 11.8 Å². The molecule has 192 valence electrons. The van der Waals surface area contributed by atoms with Crippen molar-refractivity contribution in [2.24, 2.45) is 5.73 Å². The van der Waals surface area contributed by atoms with Gasteiger partial charge in [0, 0.05) is 19.4 Å². The van der Waals surface area contributed by atoms with Crippen LogP contribution in [0.3, 0.4) is 0 Å². The molecule has 1 rings (SSSR count). The van der Waals surface area contributed by atoms with Crippen molar-refractivity contribution in [3.05, 3.63) is 29.8 Å². The lowest BCUT2D eigenvalue weighted by Gasteiger charge is -2.19. The summed E-state index contributed by atoms with van der Waals surface area (Å²) in [6.07, 6.45) is 9.30. The van der Waals surface area contributed by atoms with E-state index in [0.29, 0.717) is 19.4 Å². The number of hydrogen-bond donors (Lipinski definition) is 5. The number of phenols is 1. The number of carbonyl (C=O) groups excluding carboxylic acids is 2. The summed E-state index contributed by atoms with van der Waals surface area (Å²) < 4.78 is 0. The SMILES string of the molecule is CCCC(=O)N[C@H](Cc1ccc(O)cc1)C(=O)NCCCCCCCNCCCCN.Cl.Cl. The topological polar surface area (TPSA) is 116 Å². The Labute approximate surface area is 211 Å². The van der Waals surface area contributed by atoms with Crippen LogP contribution in [0.5, 0.6) is 5.75 Å². The van der Waals surface area contributed by atoms with Crippen LogP contribution >= 0.6 is 24.8 Å². The van der Waals surface area contributed by atoms with E-state index in [1.807, 2.05) is 6.92 Å². The fraction of sp³-hybridized carbons (Fsp3) is 0.667. The largest absolute Gasteiger partial charge is 0.508 e. The molecule has 1 atom stereocenters. The van der Waals surface area contributed by atoms with Crippen LogP contribution in [-0.4, -0.2) is 49.1 Å². The fourth-order valence-corrected chi connectivity index (χ4v) is 3.33. The molecule has 0 heterocycles. The molecule has 7 nitrogen and oxygen atoms in total. The van der Waals surface area contributed by atoms with E-state index in [2.05, 4.69) is 16.0 Å². The summed E-state index contributed by atoms with van der Waals surface area (Å²) in [7, 11) is 0. The van der Waals surface area contributed by atoms with Crippen LogP contribution in [0, 0.1) is 0 Å². The molecule has 33 heavy (non-hydrogen) atoms. The van der Waals surface area contributed by atoms with Crippen molar-refractivity contribution in [3.8, 4) is 5.75 Å². The van der Waals surface area contributed by atoms with Gasteiger partial charge in [-0.2, -0.15) is 0 Å². The van der Waals surface area contributed by atoms with Gasteiger partial charge in [0.25, 0.3) is 0 Å². The Kier molecular flexibility index (Phi) is 22.7. The molecule has 0 saturated carbocycles. The Balaban J connectivity index is 0. The number of hydrogen-bond acceptors (Lipinski definition) is 5. The molecule has 6 N–H and O–H groups in total. The predicted molar refractivity (Wildman–Crippen MR) is 140 cm³/mol. The summed E-state index contributed by atoms with van der Waals surface area (Å²) >= 11 is 0. The van der Waals surface area contributed by atoms with Crippen LogP contribution < -0.4 is 21.7 Å². The minimum atomic E-state index is -0.603. The van der Waals surface area contributed by atoms with Gasteiger partial charge in [0.1, 0.15) is 11.8 Å². The van der Waals surface area contributed by atoms with Crippen LogP contribution in [0.15, 0.2) is 24.3 Å². The van der Waals surface area contributed by atoms with Crippen molar-refractivity contribution in [2.75, 3.05) is 26.2 Å². The normalized spacial score (nSPS) is 11.1. The highest BCUT2D eigenvalue weighted by Gasteiger charge is 2.20. The number of nitrogens with one attached hydrogen (secondary N) is 3. The zero-order chi connectivity index (χ0) is 22.7. The molecule has 0 saturated heterocycles. The van der Waals surface area contributed by atoms with E-state index in [-0.39, 0.29) is 42.4 Å². The number of amides is 2. The first-order valence-electron chi connectivity index (χ1n) is 11.8. The van der Waals surface area contributed by atoms with E-state index in [9.17, 15) is 14.7 Å². The molecule has 0 aromatic heterocycles. The van der Waals surface area contributed by atoms with Gasteiger partial charge in [0.15, 0.2) is 0 Å². The van der Waals surface area contributed by atoms with E-state index >= 15 is 0 Å². The van der Waals surface area contributed by atoms with Gasteiger partial charge in [-0.3, -0.25) is 9.59 Å². The zero-order valence-corrected chi connectivity index (χ0v) is 21.6. The third kappa shape index (κ3) is 17.6. The maximum absolute atomic E-state index is 12.6. The first-order valence-corrected chi connectivity index (χ1v) is 11.8. The summed E-state index contributed by atoms with van der Waals surface area (Å²) in [6, 6.07) is 6.12. The fourth-order valence-electron chi connectivity index (χ4n) is 3.33. The van der Waals surface area contributed by atoms with Crippen molar-refractivity contribution in [1.82, 2.24) is 16.0 Å². The van der Waals surface area contributed by atoms with Crippen molar-refractivity contribution in [1.29, 1.82) is 0 Å². The maximum Gasteiger partial charge on any atom is 0.242 e. The Morgan fingerprint density at radius 3 is 2.09 bits per heavy atom. The van der Waals surface area contributed by atoms with Gasteiger partial charge < -0.3 is 26.8 Å². The number of carbonyl (C=O) groups is 2. The van der Waals surface area contributed by atoms with Crippen molar-refractivity contribution < 1.29 is 14.7 Å². The van der Waals surface area contributed by atoms with Gasteiger partial charge >= 0.3 is 0 Å². The second kappa shape index (κ2) is 22.3. The van der Waals surface area contributed by atoms with E-state index < -0.39 is 6.04 Å². The number of aromatic hydroxyl groups is 1. The summed E-state index contributed by atoms with van der Waals surface area (Å²) in [5, 5.41) is 18.7. The van der Waals surface area contributed by atoms with Crippen LogP contribution in [0.25, 0.3) is 0 Å².